The van der Waals surface area contributed by atoms with Gasteiger partial charge in [-0.3, -0.25) is 4.79 Å². The monoisotopic (exact) mass is 281 g/mol. The van der Waals surface area contributed by atoms with Gasteiger partial charge in [0.25, 0.3) is 0 Å². The zero-order chi connectivity index (χ0) is 13.6. The maximum atomic E-state index is 11.8. The van der Waals surface area contributed by atoms with Gasteiger partial charge in [0.2, 0.25) is 10.0 Å². The van der Waals surface area contributed by atoms with Crippen LogP contribution in [0.3, 0.4) is 0 Å². The third-order valence-electron chi connectivity index (χ3n) is 2.74. The molecule has 0 atom stereocenters. The predicted octanol–water partition coefficient (Wildman–Crippen LogP) is -0.990. The first kappa shape index (κ1) is 15.4. The number of aliphatic hydroxyl groups excluding tert-OH is 1. The number of sulfonamides is 1. The van der Waals surface area contributed by atoms with E-state index in [0.717, 1.165) is 0 Å². The highest BCUT2D eigenvalue weighted by Crippen LogP contribution is 2.21. The molecule has 0 aliphatic carbocycles. The number of carbonyl (C=O) groups excluding carboxylic acids is 1. The highest BCUT2D eigenvalue weighted by Gasteiger charge is 2.36. The highest BCUT2D eigenvalue weighted by atomic mass is 32.2. The number of aliphatic hydroxyl groups is 1. The second kappa shape index (κ2) is 6.46. The van der Waals surface area contributed by atoms with Crippen LogP contribution in [-0.2, 0) is 24.3 Å². The summed E-state index contributed by atoms with van der Waals surface area (Å²) in [5.74, 6) is -1.53. The number of esters is 1. The summed E-state index contributed by atoms with van der Waals surface area (Å²) >= 11 is 0. The molecule has 0 aromatic rings. The fourth-order valence-electron chi connectivity index (χ4n) is 1.78. The maximum absolute atomic E-state index is 11.8. The van der Waals surface area contributed by atoms with Crippen LogP contribution in [0.1, 0.15) is 19.8 Å². The van der Waals surface area contributed by atoms with E-state index in [-0.39, 0.29) is 13.2 Å². The largest absolute Gasteiger partial charge is 0.465 e. The molecule has 0 amide bonds. The number of nitrogens with one attached hydrogen (secondary N) is 1. The zero-order valence-corrected chi connectivity index (χ0v) is 11.2. The Balaban J connectivity index is 2.65. The van der Waals surface area contributed by atoms with Crippen molar-refractivity contribution in [1.29, 1.82) is 0 Å². The Kier molecular flexibility index (Phi) is 5.51. The third kappa shape index (κ3) is 4.52. The molecular formula is C10H19NO6S. The molecule has 1 aliphatic rings. The van der Waals surface area contributed by atoms with Crippen molar-refractivity contribution in [2.75, 3.05) is 32.2 Å². The van der Waals surface area contributed by atoms with Crippen LogP contribution < -0.4 is 4.72 Å². The van der Waals surface area contributed by atoms with E-state index in [4.69, 9.17) is 4.74 Å². The molecule has 0 unspecified atom stereocenters. The van der Waals surface area contributed by atoms with Crippen molar-refractivity contribution >= 4 is 16.0 Å². The van der Waals surface area contributed by atoms with Gasteiger partial charge in [-0.05, 0) is 19.8 Å². The van der Waals surface area contributed by atoms with Crippen molar-refractivity contribution in [3.05, 3.63) is 0 Å². The first-order chi connectivity index (χ1) is 8.43. The number of ether oxygens (including phenoxy) is 2. The van der Waals surface area contributed by atoms with Crippen molar-refractivity contribution in [1.82, 2.24) is 4.72 Å². The number of hydrogen-bond donors (Lipinski definition) is 2. The van der Waals surface area contributed by atoms with E-state index in [2.05, 4.69) is 9.46 Å². The lowest BCUT2D eigenvalue weighted by atomic mass is 9.93. The second-order valence-corrected chi connectivity index (χ2v) is 5.94. The standard InChI is InChI=1S/C10H19NO6S/c1-2-17-9(13)7-18(14,15)11-10(8-12)3-5-16-6-4-10/h11-12H,2-8H2,1H3. The summed E-state index contributed by atoms with van der Waals surface area (Å²) < 4.78 is 35.7. The van der Waals surface area contributed by atoms with Crippen LogP contribution in [0.5, 0.6) is 0 Å². The van der Waals surface area contributed by atoms with Crippen LogP contribution >= 0.6 is 0 Å². The quantitative estimate of drug-likeness (QED) is 0.606. The van der Waals surface area contributed by atoms with Crippen molar-refractivity contribution in [3.8, 4) is 0 Å². The Morgan fingerprint density at radius 3 is 2.56 bits per heavy atom. The van der Waals surface area contributed by atoms with E-state index in [1.54, 1.807) is 6.92 Å². The lowest BCUT2D eigenvalue weighted by Crippen LogP contribution is -2.55. The van der Waals surface area contributed by atoms with E-state index in [0.29, 0.717) is 26.1 Å². The molecule has 0 aromatic heterocycles. The van der Waals surface area contributed by atoms with Gasteiger partial charge in [0, 0.05) is 13.2 Å². The molecule has 106 valence electrons. The van der Waals surface area contributed by atoms with Crippen LogP contribution in [0.15, 0.2) is 0 Å². The normalized spacial score (nSPS) is 19.4. The van der Waals surface area contributed by atoms with Crippen LogP contribution in [0.2, 0.25) is 0 Å². The Labute approximate surface area is 107 Å². The topological polar surface area (TPSA) is 102 Å². The SMILES string of the molecule is CCOC(=O)CS(=O)(=O)NC1(CO)CCOCC1. The molecule has 0 spiro atoms. The van der Waals surface area contributed by atoms with Crippen LogP contribution in [-0.4, -0.2) is 57.2 Å². The molecule has 2 N–H and O–H groups in total. The Morgan fingerprint density at radius 2 is 2.06 bits per heavy atom. The van der Waals surface area contributed by atoms with Gasteiger partial charge in [0.15, 0.2) is 5.75 Å². The van der Waals surface area contributed by atoms with Crippen molar-refractivity contribution < 1.29 is 27.8 Å². The molecule has 0 aromatic carbocycles. The zero-order valence-electron chi connectivity index (χ0n) is 10.3. The van der Waals surface area contributed by atoms with Gasteiger partial charge in [0.05, 0.1) is 18.8 Å². The average molecular weight is 281 g/mol. The molecule has 1 fully saturated rings. The lowest BCUT2D eigenvalue weighted by molar-refractivity contribution is -0.139. The summed E-state index contributed by atoms with van der Waals surface area (Å²) in [5.41, 5.74) is -0.927. The minimum Gasteiger partial charge on any atom is -0.465 e. The summed E-state index contributed by atoms with van der Waals surface area (Å²) in [6.45, 7) is 2.17. The van der Waals surface area contributed by atoms with Gasteiger partial charge < -0.3 is 14.6 Å². The van der Waals surface area contributed by atoms with Crippen molar-refractivity contribution in [2.45, 2.75) is 25.3 Å². The molecular weight excluding hydrogens is 262 g/mol. The number of hydrogen-bond acceptors (Lipinski definition) is 6. The minimum atomic E-state index is -3.81. The van der Waals surface area contributed by atoms with Gasteiger partial charge in [-0.15, -0.1) is 0 Å². The summed E-state index contributed by atoms with van der Waals surface area (Å²) in [7, 11) is -3.81. The molecule has 1 heterocycles. The van der Waals surface area contributed by atoms with E-state index in [9.17, 15) is 18.3 Å². The molecule has 1 saturated heterocycles. The summed E-state index contributed by atoms with van der Waals surface area (Å²) in [6, 6.07) is 0. The first-order valence-electron chi connectivity index (χ1n) is 5.79. The molecule has 0 saturated carbocycles. The summed E-state index contributed by atoms with van der Waals surface area (Å²) in [4.78, 5) is 11.2. The predicted molar refractivity (Wildman–Crippen MR) is 63.4 cm³/mol. The summed E-state index contributed by atoms with van der Waals surface area (Å²) in [6.07, 6.45) is 0.761. The molecule has 1 aliphatic heterocycles. The van der Waals surface area contributed by atoms with Crippen LogP contribution in [0.25, 0.3) is 0 Å². The number of carbonyl (C=O) groups is 1. The summed E-state index contributed by atoms with van der Waals surface area (Å²) in [5, 5.41) is 9.34. The van der Waals surface area contributed by atoms with Crippen molar-refractivity contribution in [3.63, 3.8) is 0 Å². The van der Waals surface area contributed by atoms with Crippen LogP contribution in [0.4, 0.5) is 0 Å². The van der Waals surface area contributed by atoms with Gasteiger partial charge >= 0.3 is 5.97 Å². The Bertz CT molecular complexity index is 374. The molecule has 18 heavy (non-hydrogen) atoms. The van der Waals surface area contributed by atoms with E-state index in [1.807, 2.05) is 0 Å². The molecule has 8 heteroatoms. The van der Waals surface area contributed by atoms with Gasteiger partial charge in [-0.2, -0.15) is 0 Å². The van der Waals surface area contributed by atoms with Crippen molar-refractivity contribution in [2.24, 2.45) is 0 Å². The van der Waals surface area contributed by atoms with Gasteiger partial charge in [-0.1, -0.05) is 0 Å². The number of rotatable bonds is 6. The maximum Gasteiger partial charge on any atom is 0.322 e. The average Bonchev–Trinajstić information content (AvgIpc) is 2.29. The third-order valence-corrected chi connectivity index (χ3v) is 4.10. The fraction of sp³-hybridized carbons (Fsp3) is 0.900. The highest BCUT2D eigenvalue weighted by molar-refractivity contribution is 7.90. The minimum absolute atomic E-state index is 0.132. The molecule has 0 bridgehead atoms. The smallest absolute Gasteiger partial charge is 0.322 e. The van der Waals surface area contributed by atoms with E-state index in [1.165, 1.54) is 0 Å². The van der Waals surface area contributed by atoms with E-state index >= 15 is 0 Å². The molecule has 0 radical (unpaired) electrons. The van der Waals surface area contributed by atoms with Crippen LogP contribution in [0, 0.1) is 0 Å². The molecule has 1 rings (SSSR count). The lowest BCUT2D eigenvalue weighted by Gasteiger charge is -2.35. The van der Waals surface area contributed by atoms with E-state index < -0.39 is 27.3 Å². The molecule has 7 nitrogen and oxygen atoms in total. The van der Waals surface area contributed by atoms with Gasteiger partial charge in [0.1, 0.15) is 0 Å². The van der Waals surface area contributed by atoms with Gasteiger partial charge in [-0.25, -0.2) is 13.1 Å². The Morgan fingerprint density at radius 1 is 1.44 bits per heavy atom. The fourth-order valence-corrected chi connectivity index (χ4v) is 3.17. The first-order valence-corrected chi connectivity index (χ1v) is 7.44. The Hall–Kier alpha value is -0.700. The second-order valence-electron chi connectivity index (χ2n) is 4.22.